The number of H-pyrrole nitrogens is 2. The number of aliphatic hydroxyl groups is 1. The minimum absolute atomic E-state index is 0.0369. The molecule has 3 aromatic heterocycles. The number of hydrogen-bond donors (Lipinski definition) is 5. The molecule has 0 atom stereocenters. The van der Waals surface area contributed by atoms with Crippen LogP contribution in [0.15, 0.2) is 36.7 Å². The zero-order valence-electron chi connectivity index (χ0n) is 12.2. The lowest BCUT2D eigenvalue weighted by molar-refractivity contribution is 0.311. The second-order valence-electron chi connectivity index (χ2n) is 5.08. The zero-order chi connectivity index (χ0) is 15.6. The minimum Gasteiger partial charge on any atom is -0.395 e. The summed E-state index contributed by atoms with van der Waals surface area (Å²) < 4.78 is 0. The van der Waals surface area contributed by atoms with E-state index in [2.05, 4.69) is 35.8 Å². The van der Waals surface area contributed by atoms with Gasteiger partial charge in [-0.25, -0.2) is 0 Å². The molecule has 0 amide bonds. The fourth-order valence-electron chi connectivity index (χ4n) is 2.45. The molecular formula is C15H15N7O. The molecule has 0 radical (unpaired) electrons. The number of aliphatic hydroxyl groups excluding tert-OH is 1. The molecule has 0 saturated heterocycles. The molecule has 4 rings (SSSR count). The summed E-state index contributed by atoms with van der Waals surface area (Å²) in [5.74, 6) is 1.15. The molecule has 0 spiro atoms. The average Bonchev–Trinajstić information content (AvgIpc) is 3.20. The third-order valence-corrected chi connectivity index (χ3v) is 3.52. The monoisotopic (exact) mass is 309 g/mol. The third-order valence-electron chi connectivity index (χ3n) is 3.52. The number of aromatic nitrogens is 5. The topological polar surface area (TPSA) is 115 Å². The zero-order valence-corrected chi connectivity index (χ0v) is 12.2. The van der Waals surface area contributed by atoms with Crippen LogP contribution in [-0.2, 0) is 0 Å². The van der Waals surface area contributed by atoms with Gasteiger partial charge in [0.1, 0.15) is 11.5 Å². The molecule has 4 aromatic rings. The number of hydrogen-bond acceptors (Lipinski definition) is 6. The Morgan fingerprint density at radius 1 is 1.17 bits per heavy atom. The van der Waals surface area contributed by atoms with Gasteiger partial charge in [-0.1, -0.05) is 0 Å². The molecule has 5 N–H and O–H groups in total. The molecule has 0 bridgehead atoms. The van der Waals surface area contributed by atoms with E-state index in [1.165, 1.54) is 0 Å². The van der Waals surface area contributed by atoms with Gasteiger partial charge in [0, 0.05) is 23.8 Å². The SMILES string of the molecule is OCCNc1nc(Nc2ccc3cn[nH]c3c2)nc2[nH]ccc12. The molecule has 0 unspecified atom stereocenters. The van der Waals surface area contributed by atoms with Crippen LogP contribution < -0.4 is 10.6 Å². The summed E-state index contributed by atoms with van der Waals surface area (Å²) in [7, 11) is 0. The van der Waals surface area contributed by atoms with Crippen LogP contribution in [0.2, 0.25) is 0 Å². The summed E-state index contributed by atoms with van der Waals surface area (Å²) in [5.41, 5.74) is 2.53. The molecule has 0 aliphatic carbocycles. The Hall–Kier alpha value is -3.13. The summed E-state index contributed by atoms with van der Waals surface area (Å²) in [6, 6.07) is 7.76. The van der Waals surface area contributed by atoms with Crippen LogP contribution in [-0.4, -0.2) is 43.4 Å². The van der Waals surface area contributed by atoms with Crippen molar-refractivity contribution in [1.29, 1.82) is 0 Å². The molecule has 3 heterocycles. The Labute approximate surface area is 131 Å². The number of nitrogens with one attached hydrogen (secondary N) is 4. The van der Waals surface area contributed by atoms with E-state index in [0.29, 0.717) is 18.3 Å². The summed E-state index contributed by atoms with van der Waals surface area (Å²) in [6.07, 6.45) is 3.58. The normalized spacial score (nSPS) is 11.2. The number of fused-ring (bicyclic) bond motifs is 2. The second kappa shape index (κ2) is 5.58. The molecule has 0 aliphatic rings. The van der Waals surface area contributed by atoms with E-state index in [4.69, 9.17) is 5.11 Å². The highest BCUT2D eigenvalue weighted by Gasteiger charge is 2.09. The van der Waals surface area contributed by atoms with Crippen molar-refractivity contribution in [1.82, 2.24) is 25.1 Å². The highest BCUT2D eigenvalue weighted by molar-refractivity contribution is 5.88. The summed E-state index contributed by atoms with van der Waals surface area (Å²) in [5, 5.41) is 24.2. The van der Waals surface area contributed by atoms with Gasteiger partial charge < -0.3 is 20.7 Å². The standard InChI is InChI=1S/C15H15N7O/c23-6-5-17-14-11-3-4-16-13(11)20-15(21-14)19-10-2-1-9-8-18-22-12(9)7-10/h1-4,7-8,23H,5-6H2,(H,18,22)(H3,16,17,19,20,21). The first-order chi connectivity index (χ1) is 11.3. The van der Waals surface area contributed by atoms with Crippen molar-refractivity contribution in [2.45, 2.75) is 0 Å². The maximum atomic E-state index is 9.00. The maximum Gasteiger partial charge on any atom is 0.231 e. The number of rotatable bonds is 5. The van der Waals surface area contributed by atoms with Crippen molar-refractivity contribution in [3.63, 3.8) is 0 Å². The van der Waals surface area contributed by atoms with Crippen LogP contribution in [0.25, 0.3) is 21.9 Å². The lowest BCUT2D eigenvalue weighted by Crippen LogP contribution is -2.09. The third kappa shape index (κ3) is 2.55. The Bertz CT molecular complexity index is 959. The van der Waals surface area contributed by atoms with Crippen molar-refractivity contribution in [3.05, 3.63) is 36.7 Å². The van der Waals surface area contributed by atoms with E-state index >= 15 is 0 Å². The van der Waals surface area contributed by atoms with E-state index in [9.17, 15) is 0 Å². The number of nitrogens with zero attached hydrogens (tertiary/aromatic N) is 3. The van der Waals surface area contributed by atoms with Gasteiger partial charge in [0.25, 0.3) is 0 Å². The van der Waals surface area contributed by atoms with Gasteiger partial charge >= 0.3 is 0 Å². The second-order valence-corrected chi connectivity index (χ2v) is 5.08. The molecule has 0 fully saturated rings. The molecule has 23 heavy (non-hydrogen) atoms. The van der Waals surface area contributed by atoms with Gasteiger partial charge in [-0.3, -0.25) is 5.10 Å². The molecule has 8 heteroatoms. The summed E-state index contributed by atoms with van der Waals surface area (Å²) in [4.78, 5) is 12.0. The Kier molecular flexibility index (Phi) is 3.28. The van der Waals surface area contributed by atoms with Gasteiger partial charge in [-0.2, -0.15) is 15.1 Å². The van der Waals surface area contributed by atoms with Crippen molar-refractivity contribution in [3.8, 4) is 0 Å². The summed E-state index contributed by atoms with van der Waals surface area (Å²) in [6.45, 7) is 0.464. The van der Waals surface area contributed by atoms with Crippen molar-refractivity contribution < 1.29 is 5.11 Å². The average molecular weight is 309 g/mol. The Morgan fingerprint density at radius 2 is 2.13 bits per heavy atom. The van der Waals surface area contributed by atoms with Crippen molar-refractivity contribution in [2.75, 3.05) is 23.8 Å². The molecule has 0 saturated carbocycles. The lowest BCUT2D eigenvalue weighted by atomic mass is 10.2. The predicted octanol–water partition coefficient (Wildman–Crippen LogP) is 1.98. The lowest BCUT2D eigenvalue weighted by Gasteiger charge is -2.09. The first-order valence-electron chi connectivity index (χ1n) is 7.23. The minimum atomic E-state index is 0.0369. The fraction of sp³-hybridized carbons (Fsp3) is 0.133. The van der Waals surface area contributed by atoms with Crippen LogP contribution in [0, 0.1) is 0 Å². The van der Waals surface area contributed by atoms with E-state index in [-0.39, 0.29) is 6.61 Å². The first kappa shape index (κ1) is 13.5. The van der Waals surface area contributed by atoms with Crippen LogP contribution in [0.5, 0.6) is 0 Å². The largest absolute Gasteiger partial charge is 0.395 e. The van der Waals surface area contributed by atoms with Gasteiger partial charge in [-0.15, -0.1) is 0 Å². The molecular weight excluding hydrogens is 294 g/mol. The predicted molar refractivity (Wildman–Crippen MR) is 88.8 cm³/mol. The van der Waals surface area contributed by atoms with Gasteiger partial charge in [0.2, 0.25) is 5.95 Å². The number of anilines is 3. The molecule has 116 valence electrons. The summed E-state index contributed by atoms with van der Waals surface area (Å²) >= 11 is 0. The van der Waals surface area contributed by atoms with Crippen molar-refractivity contribution >= 4 is 39.4 Å². The van der Waals surface area contributed by atoms with E-state index < -0.39 is 0 Å². The van der Waals surface area contributed by atoms with Crippen LogP contribution >= 0.6 is 0 Å². The highest BCUT2D eigenvalue weighted by atomic mass is 16.3. The first-order valence-corrected chi connectivity index (χ1v) is 7.23. The van der Waals surface area contributed by atoms with E-state index in [1.807, 2.05) is 30.5 Å². The van der Waals surface area contributed by atoms with Gasteiger partial charge in [0.15, 0.2) is 0 Å². The number of aromatic amines is 2. The van der Waals surface area contributed by atoms with Crippen molar-refractivity contribution in [2.24, 2.45) is 0 Å². The Balaban J connectivity index is 1.69. The van der Waals surface area contributed by atoms with Crippen LogP contribution in [0.1, 0.15) is 0 Å². The van der Waals surface area contributed by atoms with Gasteiger partial charge in [0.05, 0.1) is 23.7 Å². The quantitative estimate of drug-likeness (QED) is 0.385. The maximum absolute atomic E-state index is 9.00. The van der Waals surface area contributed by atoms with Gasteiger partial charge in [-0.05, 0) is 24.3 Å². The number of benzene rings is 1. The van der Waals surface area contributed by atoms with Crippen LogP contribution in [0.4, 0.5) is 17.5 Å². The Morgan fingerprint density at radius 3 is 3.04 bits per heavy atom. The molecule has 0 aliphatic heterocycles. The van der Waals surface area contributed by atoms with E-state index in [1.54, 1.807) is 6.20 Å². The van der Waals surface area contributed by atoms with Crippen LogP contribution in [0.3, 0.4) is 0 Å². The van der Waals surface area contributed by atoms with E-state index in [0.717, 1.165) is 27.6 Å². The smallest absolute Gasteiger partial charge is 0.231 e. The molecule has 1 aromatic carbocycles. The highest BCUT2D eigenvalue weighted by Crippen LogP contribution is 2.24. The fourth-order valence-corrected chi connectivity index (χ4v) is 2.45. The molecule has 8 nitrogen and oxygen atoms in total.